The van der Waals surface area contributed by atoms with E-state index < -0.39 is 157 Å². The highest BCUT2D eigenvalue weighted by atomic mass is 16.3. The highest BCUT2D eigenvalue weighted by molar-refractivity contribution is 5.99. The third-order valence-corrected chi connectivity index (χ3v) is 11.7. The van der Waals surface area contributed by atoms with E-state index >= 15 is 0 Å². The van der Waals surface area contributed by atoms with Crippen LogP contribution >= 0.6 is 0 Å². The Morgan fingerprint density at radius 2 is 1.15 bits per heavy atom. The average molecular weight is 1040 g/mol. The summed E-state index contributed by atoms with van der Waals surface area (Å²) in [6, 6.07) is -7.82. The number of aliphatic imine (C=N–C) groups is 1. The van der Waals surface area contributed by atoms with E-state index in [1.165, 1.54) is 38.1 Å². The second-order valence-corrected chi connectivity index (χ2v) is 18.3. The number of nitrogens with two attached hydrogens (primary N) is 4. The number of hydrogen-bond acceptors (Lipinski definition) is 16. The fraction of sp³-hybridized carbons (Fsp3) is 0.622. The second-order valence-electron chi connectivity index (χ2n) is 18.3. The zero-order valence-corrected chi connectivity index (χ0v) is 41.8. The van der Waals surface area contributed by atoms with Crippen LogP contribution in [0.1, 0.15) is 78.8 Å². The van der Waals surface area contributed by atoms with Crippen LogP contribution in [0.4, 0.5) is 0 Å². The van der Waals surface area contributed by atoms with E-state index in [9.17, 15) is 68.4 Å². The quantitative estimate of drug-likeness (QED) is 0.0441. The molecule has 0 bridgehead atoms. The maximum atomic E-state index is 14.3. The van der Waals surface area contributed by atoms with E-state index in [0.717, 1.165) is 0 Å². The number of nitrogens with one attached hydrogen (secondary N) is 9. The summed E-state index contributed by atoms with van der Waals surface area (Å²) < 4.78 is 0. The molecule has 408 valence electrons. The van der Waals surface area contributed by atoms with E-state index in [-0.39, 0.29) is 49.7 Å². The lowest BCUT2D eigenvalue weighted by Crippen LogP contribution is -2.64. The number of carbonyl (C=O) groups excluding carboxylic acids is 10. The molecule has 28 nitrogen and oxygen atoms in total. The Morgan fingerprint density at radius 3 is 1.68 bits per heavy atom. The van der Waals surface area contributed by atoms with Gasteiger partial charge in [0.15, 0.2) is 12.1 Å². The van der Waals surface area contributed by atoms with Crippen molar-refractivity contribution in [2.24, 2.45) is 45.7 Å². The van der Waals surface area contributed by atoms with E-state index in [4.69, 9.17) is 22.9 Å². The summed E-state index contributed by atoms with van der Waals surface area (Å²) in [5.74, 6) is -13.5. The molecule has 1 unspecified atom stereocenters. The number of aliphatic hydroxyl groups excluding tert-OH is 4. The van der Waals surface area contributed by atoms with Gasteiger partial charge in [0.05, 0.1) is 31.9 Å². The van der Waals surface area contributed by atoms with Gasteiger partial charge in [0, 0.05) is 6.54 Å². The zero-order valence-electron chi connectivity index (χ0n) is 41.8. The molecule has 0 aliphatic carbocycles. The summed E-state index contributed by atoms with van der Waals surface area (Å²) in [5, 5.41) is 63.5. The number of guanidine groups is 1. The van der Waals surface area contributed by atoms with Crippen LogP contribution < -0.4 is 70.8 Å². The molecule has 1 heterocycles. The van der Waals surface area contributed by atoms with Crippen molar-refractivity contribution >= 4 is 65.0 Å². The molecule has 73 heavy (non-hydrogen) atoms. The topological polar surface area (TPSA) is 476 Å². The second kappa shape index (κ2) is 30.1. The van der Waals surface area contributed by atoms with Gasteiger partial charge in [-0.2, -0.15) is 0 Å². The van der Waals surface area contributed by atoms with Crippen LogP contribution in [-0.4, -0.2) is 172 Å². The van der Waals surface area contributed by atoms with Crippen molar-refractivity contribution in [3.05, 3.63) is 35.9 Å². The third-order valence-electron chi connectivity index (χ3n) is 11.7. The highest BCUT2D eigenvalue weighted by Crippen LogP contribution is 2.18. The molecule has 0 radical (unpaired) electrons. The summed E-state index contributed by atoms with van der Waals surface area (Å²) in [6.07, 6.45) is -3.90. The van der Waals surface area contributed by atoms with Crippen molar-refractivity contribution < 1.29 is 68.4 Å². The molecule has 1 aliphatic rings. The van der Waals surface area contributed by atoms with E-state index in [2.05, 4.69) is 47.5 Å². The minimum absolute atomic E-state index is 0.00173. The molecule has 0 saturated carbocycles. The Bertz CT molecular complexity index is 2110. The Kier molecular flexibility index (Phi) is 25.6. The van der Waals surface area contributed by atoms with Crippen molar-refractivity contribution in [3.63, 3.8) is 0 Å². The zero-order chi connectivity index (χ0) is 55.3. The number of nitrogens with zero attached hydrogens (tertiary/aromatic N) is 1. The van der Waals surface area contributed by atoms with Crippen molar-refractivity contribution in [1.29, 1.82) is 0 Å². The van der Waals surface area contributed by atoms with E-state index in [1.807, 2.05) is 5.32 Å². The largest absolute Gasteiger partial charge is 0.394 e. The average Bonchev–Trinajstić information content (AvgIpc) is 3.34. The lowest BCUT2D eigenvalue weighted by atomic mass is 9.95. The minimum Gasteiger partial charge on any atom is -0.394 e. The monoisotopic (exact) mass is 1030 g/mol. The predicted molar refractivity (Wildman–Crippen MR) is 261 cm³/mol. The molecule has 1 aromatic rings. The van der Waals surface area contributed by atoms with Gasteiger partial charge in [-0.05, 0) is 42.6 Å². The molecule has 10 amide bonds. The van der Waals surface area contributed by atoms with E-state index in [1.54, 1.807) is 33.8 Å². The van der Waals surface area contributed by atoms with Gasteiger partial charge in [0.2, 0.25) is 59.1 Å². The molecule has 0 spiro atoms. The third kappa shape index (κ3) is 19.5. The van der Waals surface area contributed by atoms with Gasteiger partial charge < -0.3 is 91.2 Å². The van der Waals surface area contributed by atoms with Crippen LogP contribution in [0.2, 0.25) is 0 Å². The molecule has 21 N–H and O–H groups in total. The van der Waals surface area contributed by atoms with Gasteiger partial charge in [0.1, 0.15) is 48.3 Å². The van der Waals surface area contributed by atoms with Crippen LogP contribution in [0.5, 0.6) is 0 Å². The molecule has 1 fully saturated rings. The van der Waals surface area contributed by atoms with Gasteiger partial charge in [-0.15, -0.1) is 0 Å². The van der Waals surface area contributed by atoms with Crippen molar-refractivity contribution in [2.75, 3.05) is 26.3 Å². The Labute approximate surface area is 422 Å². The summed E-state index contributed by atoms with van der Waals surface area (Å²) in [6.45, 7) is 6.60. The van der Waals surface area contributed by atoms with Crippen molar-refractivity contribution in [1.82, 2.24) is 47.9 Å². The van der Waals surface area contributed by atoms with Crippen LogP contribution in [0.25, 0.3) is 0 Å². The molecule has 2 rings (SSSR count). The first-order valence-corrected chi connectivity index (χ1v) is 23.7. The molecule has 28 heteroatoms. The van der Waals surface area contributed by atoms with Crippen LogP contribution in [0, 0.1) is 17.8 Å². The fourth-order valence-electron chi connectivity index (χ4n) is 7.23. The fourth-order valence-corrected chi connectivity index (χ4v) is 7.23. The van der Waals surface area contributed by atoms with Gasteiger partial charge in [-0.3, -0.25) is 52.9 Å². The Balaban J connectivity index is 2.83. The summed E-state index contributed by atoms with van der Waals surface area (Å²) in [5.41, 5.74) is 22.9. The first-order chi connectivity index (χ1) is 34.3. The van der Waals surface area contributed by atoms with Gasteiger partial charge in [-0.1, -0.05) is 78.3 Å². The summed E-state index contributed by atoms with van der Waals surface area (Å²) in [7, 11) is 0. The molecule has 1 saturated heterocycles. The lowest BCUT2D eigenvalue weighted by Gasteiger charge is -2.32. The minimum atomic E-state index is -2.47. The highest BCUT2D eigenvalue weighted by Gasteiger charge is 2.40. The maximum Gasteiger partial charge on any atom is 0.248 e. The number of hydrogen-bond donors (Lipinski definition) is 17. The van der Waals surface area contributed by atoms with Gasteiger partial charge in [0.25, 0.3) is 0 Å². The first-order valence-electron chi connectivity index (χ1n) is 23.7. The van der Waals surface area contributed by atoms with Crippen LogP contribution in [0.15, 0.2) is 35.3 Å². The molecule has 1 aliphatic heterocycles. The normalized spacial score (nSPS) is 26.4. The van der Waals surface area contributed by atoms with E-state index in [0.29, 0.717) is 0 Å². The molecular formula is C45H74N14O14. The Hall–Kier alpha value is -7.01. The SMILES string of the molecule is CC[C@H](C)[C@@H]1NC(=O)[C@@H](CCCN=C(N)N)NC(=O)[C@H](CC(C)C)NC(=O)[C@H]([C@H](O)C(C)C)NC(=O)[C@@H](N)[C@@H](c2ccccc2)NC(=O)[C@H](CO)NC(=O)C([C@H](O)C(N)=O)NC(=O)CNC(=O)[C@H](CO)NC1=O. The predicted octanol–water partition coefficient (Wildman–Crippen LogP) is -7.31. The number of primary amides is 1. The smallest absolute Gasteiger partial charge is 0.248 e. The summed E-state index contributed by atoms with van der Waals surface area (Å²) in [4.78, 5) is 140. The van der Waals surface area contributed by atoms with Crippen LogP contribution in [0.3, 0.4) is 0 Å². The number of carbonyl (C=O) groups is 10. The molecule has 12 atom stereocenters. The molecule has 0 aromatic heterocycles. The van der Waals surface area contributed by atoms with Gasteiger partial charge >= 0.3 is 0 Å². The number of benzene rings is 1. The van der Waals surface area contributed by atoms with Gasteiger partial charge in [-0.25, -0.2) is 0 Å². The van der Waals surface area contributed by atoms with Crippen LogP contribution in [-0.2, 0) is 47.9 Å². The standard InChI is InChI=1S/C45H74N14O14/c1-7-22(6)30-42(71)54-26(18-60)37(66)51-17-28(62)56-33(35(64)36(47)65)44(73)55-27(19-61)40(69)58-31(23-12-9-8-10-13-23)29(46)41(70)59-32(34(63)21(4)5)43(72)53-25(16-20(2)3)39(68)52-24(38(67)57-30)14-11-15-50-45(48)49/h8-10,12-13,20-22,24-27,29-35,60-61,63-64H,7,11,14-19,46H2,1-6H3,(H2,47,65)(H,51,66)(H,52,68)(H,53,72)(H,54,71)(H,55,73)(H,56,62)(H,57,67)(H,58,69)(H,59,70)(H4,48,49,50)/t22-,24+,25-,26-,27-,29-,30-,31+,32-,33?,34+,35-/m0/s1. The first kappa shape index (κ1) is 62.1. The molecular weight excluding hydrogens is 961 g/mol. The number of aliphatic hydroxyl groups is 4. The summed E-state index contributed by atoms with van der Waals surface area (Å²) >= 11 is 0. The lowest BCUT2D eigenvalue weighted by molar-refractivity contribution is -0.140. The van der Waals surface area contributed by atoms with Crippen molar-refractivity contribution in [3.8, 4) is 0 Å². The maximum absolute atomic E-state index is 14.3. The Morgan fingerprint density at radius 1 is 0.644 bits per heavy atom. The number of amides is 10. The number of rotatable bonds is 15. The van der Waals surface area contributed by atoms with Crippen molar-refractivity contribution in [2.45, 2.75) is 134 Å². The molecule has 1 aromatic carbocycles.